The second-order valence-electron chi connectivity index (χ2n) is 4.48. The van der Waals surface area contributed by atoms with Crippen molar-refractivity contribution in [1.82, 2.24) is 0 Å². The van der Waals surface area contributed by atoms with Gasteiger partial charge in [-0.2, -0.15) is 0 Å². The molecule has 0 fully saturated rings. The molecule has 1 atom stereocenters. The molecular formula is C16H13FO2S. The maximum atomic E-state index is 13.7. The Morgan fingerprint density at radius 2 is 2.00 bits per heavy atom. The summed E-state index contributed by atoms with van der Waals surface area (Å²) in [6.45, 7) is 0. The highest BCUT2D eigenvalue weighted by molar-refractivity contribution is 7.17. The predicted octanol–water partition coefficient (Wildman–Crippen LogP) is 4.13. The van der Waals surface area contributed by atoms with Crippen LogP contribution in [0, 0.1) is 5.82 Å². The molecule has 1 aromatic heterocycles. The van der Waals surface area contributed by atoms with Gasteiger partial charge in [-0.1, -0.05) is 24.3 Å². The highest BCUT2D eigenvalue weighted by atomic mass is 32.1. The van der Waals surface area contributed by atoms with Crippen LogP contribution in [0.5, 0.6) is 5.75 Å². The molecule has 4 heteroatoms. The maximum Gasteiger partial charge on any atom is 0.165 e. The minimum Gasteiger partial charge on any atom is -0.494 e. The van der Waals surface area contributed by atoms with Gasteiger partial charge in [0, 0.05) is 10.3 Å². The molecule has 0 aliphatic carbocycles. The van der Waals surface area contributed by atoms with E-state index in [2.05, 4.69) is 0 Å². The lowest BCUT2D eigenvalue weighted by molar-refractivity contribution is 0.221. The van der Waals surface area contributed by atoms with Gasteiger partial charge in [0.25, 0.3) is 0 Å². The van der Waals surface area contributed by atoms with Crippen molar-refractivity contribution in [2.45, 2.75) is 6.10 Å². The summed E-state index contributed by atoms with van der Waals surface area (Å²) >= 11 is 1.57. The van der Waals surface area contributed by atoms with Crippen LogP contribution in [0.15, 0.2) is 47.8 Å². The van der Waals surface area contributed by atoms with E-state index in [9.17, 15) is 9.50 Å². The molecule has 3 aromatic rings. The zero-order chi connectivity index (χ0) is 14.1. The average Bonchev–Trinajstić information content (AvgIpc) is 2.90. The lowest BCUT2D eigenvalue weighted by Crippen LogP contribution is -2.00. The Morgan fingerprint density at radius 1 is 1.20 bits per heavy atom. The van der Waals surface area contributed by atoms with Gasteiger partial charge >= 0.3 is 0 Å². The molecule has 1 N–H and O–H groups in total. The van der Waals surface area contributed by atoms with E-state index in [1.165, 1.54) is 19.2 Å². The third kappa shape index (κ3) is 2.17. The van der Waals surface area contributed by atoms with Gasteiger partial charge in [-0.3, -0.25) is 0 Å². The monoisotopic (exact) mass is 288 g/mol. The average molecular weight is 288 g/mol. The highest BCUT2D eigenvalue weighted by Crippen LogP contribution is 2.34. The van der Waals surface area contributed by atoms with Gasteiger partial charge in [-0.25, -0.2) is 4.39 Å². The first-order chi connectivity index (χ1) is 9.70. The van der Waals surface area contributed by atoms with Crippen molar-refractivity contribution < 1.29 is 14.2 Å². The Hall–Kier alpha value is -1.91. The number of thiophene rings is 1. The van der Waals surface area contributed by atoms with Crippen LogP contribution >= 0.6 is 11.3 Å². The van der Waals surface area contributed by atoms with Crippen molar-refractivity contribution in [1.29, 1.82) is 0 Å². The van der Waals surface area contributed by atoms with Crippen molar-refractivity contribution in [2.24, 2.45) is 0 Å². The number of aliphatic hydroxyl groups is 1. The first-order valence-electron chi connectivity index (χ1n) is 6.18. The topological polar surface area (TPSA) is 29.5 Å². The highest BCUT2D eigenvalue weighted by Gasteiger charge is 2.16. The fourth-order valence-electron chi connectivity index (χ4n) is 2.24. The SMILES string of the molecule is COc1ccc(C(O)c2csc3ccccc23)cc1F. The minimum atomic E-state index is -0.841. The summed E-state index contributed by atoms with van der Waals surface area (Å²) in [6, 6.07) is 12.4. The van der Waals surface area contributed by atoms with E-state index < -0.39 is 11.9 Å². The van der Waals surface area contributed by atoms with Gasteiger partial charge in [0.15, 0.2) is 11.6 Å². The summed E-state index contributed by atoms with van der Waals surface area (Å²) in [5, 5.41) is 13.4. The van der Waals surface area contributed by atoms with Crippen LogP contribution in [0.3, 0.4) is 0 Å². The quantitative estimate of drug-likeness (QED) is 0.785. The molecule has 1 heterocycles. The van der Waals surface area contributed by atoms with Gasteiger partial charge in [-0.05, 0) is 34.5 Å². The van der Waals surface area contributed by atoms with Crippen LogP contribution in [0.1, 0.15) is 17.2 Å². The Balaban J connectivity index is 2.04. The summed E-state index contributed by atoms with van der Waals surface area (Å²) < 4.78 is 19.7. The molecule has 0 saturated carbocycles. The first-order valence-corrected chi connectivity index (χ1v) is 7.06. The largest absolute Gasteiger partial charge is 0.494 e. The van der Waals surface area contributed by atoms with Crippen LogP contribution in [-0.2, 0) is 0 Å². The summed E-state index contributed by atoms with van der Waals surface area (Å²) in [6.07, 6.45) is -0.841. The third-order valence-electron chi connectivity index (χ3n) is 3.30. The van der Waals surface area contributed by atoms with Gasteiger partial charge < -0.3 is 9.84 Å². The lowest BCUT2D eigenvalue weighted by atomic mass is 10.0. The number of halogens is 1. The lowest BCUT2D eigenvalue weighted by Gasteiger charge is -2.12. The molecule has 0 saturated heterocycles. The van der Waals surface area contributed by atoms with E-state index in [1.807, 2.05) is 29.6 Å². The zero-order valence-corrected chi connectivity index (χ0v) is 11.7. The van der Waals surface area contributed by atoms with Crippen LogP contribution < -0.4 is 4.74 Å². The number of fused-ring (bicyclic) bond motifs is 1. The van der Waals surface area contributed by atoms with E-state index in [4.69, 9.17) is 4.74 Å². The molecular weight excluding hydrogens is 275 g/mol. The Morgan fingerprint density at radius 3 is 2.75 bits per heavy atom. The molecule has 2 aromatic carbocycles. The third-order valence-corrected chi connectivity index (χ3v) is 4.28. The normalized spacial score (nSPS) is 12.6. The Kier molecular flexibility index (Phi) is 3.42. The molecule has 1 unspecified atom stereocenters. The number of rotatable bonds is 3. The van der Waals surface area contributed by atoms with Crippen molar-refractivity contribution in [3.05, 3.63) is 64.8 Å². The minimum absolute atomic E-state index is 0.177. The van der Waals surface area contributed by atoms with Crippen LogP contribution in [0.25, 0.3) is 10.1 Å². The van der Waals surface area contributed by atoms with Crippen LogP contribution in [0.4, 0.5) is 4.39 Å². The number of methoxy groups -OCH3 is 1. The standard InChI is InChI=1S/C16H13FO2S/c1-19-14-7-6-10(8-13(14)17)16(18)12-9-20-15-5-3-2-4-11(12)15/h2-9,16,18H,1H3. The second-order valence-corrected chi connectivity index (χ2v) is 5.39. The van der Waals surface area contributed by atoms with Crippen molar-refractivity contribution in [3.8, 4) is 5.75 Å². The van der Waals surface area contributed by atoms with E-state index in [-0.39, 0.29) is 5.75 Å². The fourth-order valence-corrected chi connectivity index (χ4v) is 3.22. The van der Waals surface area contributed by atoms with E-state index >= 15 is 0 Å². The molecule has 0 aliphatic rings. The van der Waals surface area contributed by atoms with Gasteiger partial charge in [-0.15, -0.1) is 11.3 Å². The smallest absolute Gasteiger partial charge is 0.165 e. The maximum absolute atomic E-state index is 13.7. The molecule has 0 radical (unpaired) electrons. The van der Waals surface area contributed by atoms with Gasteiger partial charge in [0.05, 0.1) is 7.11 Å². The Bertz CT molecular complexity index is 751. The number of hydrogen-bond acceptors (Lipinski definition) is 3. The zero-order valence-electron chi connectivity index (χ0n) is 10.8. The summed E-state index contributed by atoms with van der Waals surface area (Å²) in [7, 11) is 1.42. The molecule has 0 spiro atoms. The molecule has 0 bridgehead atoms. The molecule has 2 nitrogen and oxygen atoms in total. The van der Waals surface area contributed by atoms with E-state index in [1.54, 1.807) is 17.4 Å². The Labute approximate surface area is 120 Å². The van der Waals surface area contributed by atoms with Crippen LogP contribution in [-0.4, -0.2) is 12.2 Å². The molecule has 0 amide bonds. The molecule has 102 valence electrons. The molecule has 3 rings (SSSR count). The molecule has 0 aliphatic heterocycles. The van der Waals surface area contributed by atoms with Crippen LogP contribution in [0.2, 0.25) is 0 Å². The molecule has 20 heavy (non-hydrogen) atoms. The van der Waals surface area contributed by atoms with Crippen molar-refractivity contribution >= 4 is 21.4 Å². The summed E-state index contributed by atoms with van der Waals surface area (Å²) in [4.78, 5) is 0. The van der Waals surface area contributed by atoms with Gasteiger partial charge in [0.2, 0.25) is 0 Å². The first kappa shape index (κ1) is 13.1. The number of aliphatic hydroxyl groups excluding tert-OH is 1. The fraction of sp³-hybridized carbons (Fsp3) is 0.125. The number of hydrogen-bond donors (Lipinski definition) is 1. The van der Waals surface area contributed by atoms with E-state index in [0.717, 1.165) is 15.6 Å². The number of benzene rings is 2. The summed E-state index contributed by atoms with van der Waals surface area (Å²) in [5.41, 5.74) is 1.32. The second kappa shape index (κ2) is 5.23. The number of ether oxygens (including phenoxy) is 1. The van der Waals surface area contributed by atoms with Crippen molar-refractivity contribution in [2.75, 3.05) is 7.11 Å². The van der Waals surface area contributed by atoms with Gasteiger partial charge in [0.1, 0.15) is 6.10 Å². The van der Waals surface area contributed by atoms with E-state index in [0.29, 0.717) is 5.56 Å². The predicted molar refractivity (Wildman–Crippen MR) is 78.8 cm³/mol. The summed E-state index contributed by atoms with van der Waals surface area (Å²) in [5.74, 6) is -0.292. The van der Waals surface area contributed by atoms with Crippen molar-refractivity contribution in [3.63, 3.8) is 0 Å².